The number of carbonyl (C=O) groups is 2. The van der Waals surface area contributed by atoms with Crippen LogP contribution in [0.3, 0.4) is 0 Å². The molecule has 5 heteroatoms. The fraction of sp³-hybridized carbons (Fsp3) is 0.786. The fourth-order valence-corrected chi connectivity index (χ4v) is 5.96. The normalized spacial score (nSPS) is 26.5. The summed E-state index contributed by atoms with van der Waals surface area (Å²) in [4.78, 5) is 23.2. The predicted octanol–water partition coefficient (Wildman–Crippen LogP) is 4.06. The summed E-state index contributed by atoms with van der Waals surface area (Å²) < 4.78 is 5.49. The number of hydrogen-bond donors (Lipinski definition) is 0. The van der Waals surface area contributed by atoms with Crippen LogP contribution in [0.15, 0.2) is 23.3 Å². The molecule has 0 amide bonds. The monoisotopic (exact) mass is 460 g/mol. The highest BCUT2D eigenvalue weighted by Crippen LogP contribution is 2.48. The van der Waals surface area contributed by atoms with Crippen LogP contribution in [0.4, 0.5) is 0 Å². The highest BCUT2D eigenvalue weighted by atomic mass is 16.5. The molecule has 0 aromatic carbocycles. The largest absolute Gasteiger partial charge is 0.545 e. The minimum atomic E-state index is -1.38. The molecule has 0 aromatic rings. The van der Waals surface area contributed by atoms with Crippen LogP contribution < -0.4 is 10.2 Å². The Morgan fingerprint density at radius 2 is 1.12 bits per heavy atom. The number of aliphatic carboxylic acids is 2. The fourth-order valence-electron chi connectivity index (χ4n) is 5.96. The van der Waals surface area contributed by atoms with Gasteiger partial charge in [0, 0.05) is 5.57 Å². The molecule has 0 spiro atoms. The Labute approximate surface area is 200 Å². The van der Waals surface area contributed by atoms with E-state index in [1.54, 1.807) is 0 Å². The molecule has 0 bridgehead atoms. The molecule has 0 atom stereocenters. The van der Waals surface area contributed by atoms with E-state index in [-0.39, 0.29) is 47.0 Å². The predicted molar refractivity (Wildman–Crippen MR) is 127 cm³/mol. The third-order valence-corrected chi connectivity index (χ3v) is 8.19. The molecule has 0 N–H and O–H groups in total. The second kappa shape index (κ2) is 11.2. The summed E-state index contributed by atoms with van der Waals surface area (Å²) in [6, 6.07) is 0. The summed E-state index contributed by atoms with van der Waals surface area (Å²) in [5.41, 5.74) is 1.55. The Kier molecular flexibility index (Phi) is 9.38. The van der Waals surface area contributed by atoms with E-state index >= 15 is 0 Å². The van der Waals surface area contributed by atoms with Crippen LogP contribution in [-0.2, 0) is 14.3 Å². The summed E-state index contributed by atoms with van der Waals surface area (Å²) in [6.45, 7) is 16.7. The average Bonchev–Trinajstić information content (AvgIpc) is 2.72. The molecule has 0 heterocycles. The first-order valence-electron chi connectivity index (χ1n) is 12.6. The van der Waals surface area contributed by atoms with Crippen molar-refractivity contribution in [3.63, 3.8) is 0 Å². The number of carboxylic acid groups (broad SMARTS) is 2. The van der Waals surface area contributed by atoms with Crippen molar-refractivity contribution in [2.45, 2.75) is 92.9 Å². The average molecular weight is 461 g/mol. The molecule has 0 aromatic heterocycles. The van der Waals surface area contributed by atoms with Crippen molar-refractivity contribution in [3.05, 3.63) is 23.3 Å². The summed E-state index contributed by atoms with van der Waals surface area (Å²) in [5, 5.41) is 23.2. The smallest absolute Gasteiger partial charge is 0.0738 e. The molecule has 33 heavy (non-hydrogen) atoms. The van der Waals surface area contributed by atoms with Crippen LogP contribution in [-0.4, -0.2) is 25.2 Å². The van der Waals surface area contributed by atoms with Gasteiger partial charge in [-0.05, 0) is 91.4 Å². The van der Waals surface area contributed by atoms with Crippen molar-refractivity contribution in [3.8, 4) is 0 Å². The van der Waals surface area contributed by atoms with E-state index in [9.17, 15) is 19.8 Å². The van der Waals surface area contributed by atoms with E-state index < -0.39 is 11.9 Å². The number of rotatable bonds is 8. The zero-order valence-electron chi connectivity index (χ0n) is 21.6. The van der Waals surface area contributed by atoms with Crippen molar-refractivity contribution in [2.75, 3.05) is 13.2 Å². The zero-order chi connectivity index (χ0) is 25.0. The van der Waals surface area contributed by atoms with E-state index in [1.807, 2.05) is 0 Å². The Bertz CT molecular complexity index is 697. The molecule has 0 aliphatic heterocycles. The van der Waals surface area contributed by atoms with Crippen molar-refractivity contribution >= 4 is 11.9 Å². The maximum atomic E-state index is 12.3. The maximum absolute atomic E-state index is 12.3. The third-order valence-electron chi connectivity index (χ3n) is 8.19. The Morgan fingerprint density at radius 1 is 0.727 bits per heavy atom. The van der Waals surface area contributed by atoms with Crippen LogP contribution in [0.2, 0.25) is 0 Å². The molecule has 2 aliphatic rings. The lowest BCUT2D eigenvalue weighted by Gasteiger charge is -2.43. The minimum Gasteiger partial charge on any atom is -0.545 e. The van der Waals surface area contributed by atoms with Gasteiger partial charge in [0.25, 0.3) is 0 Å². The van der Waals surface area contributed by atoms with Gasteiger partial charge in [-0.15, -0.1) is 0 Å². The molecule has 188 valence electrons. The van der Waals surface area contributed by atoms with Gasteiger partial charge in [-0.3, -0.25) is 0 Å². The second-order valence-electron chi connectivity index (χ2n) is 12.4. The van der Waals surface area contributed by atoms with Gasteiger partial charge in [0.05, 0.1) is 25.2 Å². The van der Waals surface area contributed by atoms with Gasteiger partial charge in [0.15, 0.2) is 0 Å². The first-order chi connectivity index (χ1) is 15.2. The first-order valence-corrected chi connectivity index (χ1v) is 12.6. The van der Waals surface area contributed by atoms with Gasteiger partial charge >= 0.3 is 0 Å². The number of ether oxygens (including phenoxy) is 1. The van der Waals surface area contributed by atoms with Gasteiger partial charge in [-0.2, -0.15) is 0 Å². The Hall–Kier alpha value is -1.62. The van der Waals surface area contributed by atoms with Gasteiger partial charge in [-0.1, -0.05) is 53.7 Å². The summed E-state index contributed by atoms with van der Waals surface area (Å²) in [5.74, 6) is -0.849. The summed E-state index contributed by atoms with van der Waals surface area (Å²) >= 11 is 0. The standard InChI is InChI=1S/C28H46O5/c1-18(25(29)30)16-33-17-23(26(31)32)24(19-8-12-21(13-9-19)27(2,3)4)20-10-14-22(15-11-20)28(5,6)7/h19-22H,1,8-17H2,2-7H3,(H,29,30)(H,31,32)/p-2. The first kappa shape index (κ1) is 27.6. The molecule has 2 fully saturated rings. The lowest BCUT2D eigenvalue weighted by molar-refractivity contribution is -0.300. The third kappa shape index (κ3) is 7.70. The van der Waals surface area contributed by atoms with E-state index in [0.717, 1.165) is 56.9 Å². The van der Waals surface area contributed by atoms with E-state index in [0.29, 0.717) is 11.8 Å². The Balaban J connectivity index is 2.27. The molecule has 0 unspecified atom stereocenters. The van der Waals surface area contributed by atoms with Crippen molar-refractivity contribution in [2.24, 2.45) is 34.5 Å². The van der Waals surface area contributed by atoms with Crippen LogP contribution >= 0.6 is 0 Å². The molecular weight excluding hydrogens is 416 g/mol. The SMILES string of the molecule is C=C(COCC(C(=O)[O-])=C(C1CCC(C(C)(C)C)CC1)C1CCC(C(C)(C)C)CC1)C(=O)[O-]. The summed E-state index contributed by atoms with van der Waals surface area (Å²) in [6.07, 6.45) is 8.32. The van der Waals surface area contributed by atoms with Gasteiger partial charge in [-0.25, -0.2) is 0 Å². The minimum absolute atomic E-state index is 0.150. The Morgan fingerprint density at radius 3 is 1.42 bits per heavy atom. The highest BCUT2D eigenvalue weighted by Gasteiger charge is 2.37. The van der Waals surface area contributed by atoms with Crippen LogP contribution in [0.1, 0.15) is 92.9 Å². The molecule has 0 radical (unpaired) electrons. The van der Waals surface area contributed by atoms with Crippen molar-refractivity contribution in [1.82, 2.24) is 0 Å². The lowest BCUT2D eigenvalue weighted by Crippen LogP contribution is -2.35. The molecule has 2 rings (SSSR count). The molecular formula is C28H44O5-2. The zero-order valence-corrected chi connectivity index (χ0v) is 21.6. The van der Waals surface area contributed by atoms with Crippen molar-refractivity contribution < 1.29 is 24.5 Å². The van der Waals surface area contributed by atoms with Gasteiger partial charge in [0.2, 0.25) is 0 Å². The number of carboxylic acids is 2. The number of carbonyl (C=O) groups excluding carboxylic acids is 2. The number of hydrogen-bond acceptors (Lipinski definition) is 5. The second-order valence-corrected chi connectivity index (χ2v) is 12.4. The van der Waals surface area contributed by atoms with Crippen LogP contribution in [0.25, 0.3) is 0 Å². The van der Waals surface area contributed by atoms with Crippen LogP contribution in [0, 0.1) is 34.5 Å². The quantitative estimate of drug-likeness (QED) is 0.510. The van der Waals surface area contributed by atoms with Crippen molar-refractivity contribution in [1.29, 1.82) is 0 Å². The summed E-state index contributed by atoms with van der Waals surface area (Å²) in [7, 11) is 0. The molecule has 0 saturated heterocycles. The maximum Gasteiger partial charge on any atom is 0.0738 e. The topological polar surface area (TPSA) is 89.5 Å². The molecule has 2 aliphatic carbocycles. The van der Waals surface area contributed by atoms with Gasteiger partial charge in [0.1, 0.15) is 0 Å². The van der Waals surface area contributed by atoms with E-state index in [1.165, 1.54) is 0 Å². The highest BCUT2D eigenvalue weighted by molar-refractivity contribution is 5.86. The van der Waals surface area contributed by atoms with Gasteiger partial charge < -0.3 is 24.5 Å². The van der Waals surface area contributed by atoms with E-state index in [2.05, 4.69) is 48.1 Å². The van der Waals surface area contributed by atoms with E-state index in [4.69, 9.17) is 4.74 Å². The molecule has 2 saturated carbocycles. The van der Waals surface area contributed by atoms with Crippen LogP contribution in [0.5, 0.6) is 0 Å². The molecule has 5 nitrogen and oxygen atoms in total. The lowest BCUT2D eigenvalue weighted by atomic mass is 9.63. The number of allylic oxidation sites excluding steroid dienone is 1.